The van der Waals surface area contributed by atoms with E-state index in [1.807, 2.05) is 25.1 Å². The van der Waals surface area contributed by atoms with Crippen LogP contribution in [0.1, 0.15) is 6.92 Å². The number of amides is 1. The van der Waals surface area contributed by atoms with Crippen LogP contribution in [0, 0.1) is 0 Å². The number of rotatable bonds is 4. The predicted octanol–water partition coefficient (Wildman–Crippen LogP) is 2.43. The lowest BCUT2D eigenvalue weighted by atomic mass is 10.2. The molecule has 0 saturated carbocycles. The molecule has 138 valence electrons. The van der Waals surface area contributed by atoms with E-state index in [9.17, 15) is 9.90 Å². The number of piperazine rings is 1. The first-order valence-corrected chi connectivity index (χ1v) is 9.35. The Morgan fingerprint density at radius 2 is 1.73 bits per heavy atom. The number of nitrogens with one attached hydrogen (secondary N) is 2. The summed E-state index contributed by atoms with van der Waals surface area (Å²) in [5.41, 5.74) is 1.30. The Labute approximate surface area is 163 Å². The molecule has 1 atom stereocenters. The van der Waals surface area contributed by atoms with E-state index in [1.54, 1.807) is 24.3 Å². The molecular formula is C19H22Cl2N3O2+. The molecule has 0 radical (unpaired) electrons. The molecule has 2 aromatic carbocycles. The zero-order valence-corrected chi connectivity index (χ0v) is 16.0. The molecule has 0 spiro atoms. The predicted molar refractivity (Wildman–Crippen MR) is 106 cm³/mol. The van der Waals surface area contributed by atoms with Gasteiger partial charge in [-0.15, -0.1) is 0 Å². The fraction of sp³-hybridized carbons (Fsp3) is 0.316. The molecule has 0 aliphatic carbocycles. The van der Waals surface area contributed by atoms with Gasteiger partial charge in [-0.1, -0.05) is 41.4 Å². The maximum atomic E-state index is 12.6. The Balaban J connectivity index is 1.60. The molecule has 3 N–H and O–H groups in total. The minimum absolute atomic E-state index is 0.106. The summed E-state index contributed by atoms with van der Waals surface area (Å²) in [5, 5.41) is 13.7. The van der Waals surface area contributed by atoms with Crippen molar-refractivity contribution in [3.05, 3.63) is 52.5 Å². The molecule has 1 aliphatic rings. The number of hydrogen-bond acceptors (Lipinski definition) is 3. The number of anilines is 2. The number of phenolic OH excluding ortho intramolecular Hbond substituents is 1. The normalized spacial score (nSPS) is 16.3. The zero-order valence-electron chi connectivity index (χ0n) is 14.5. The second-order valence-corrected chi connectivity index (χ2v) is 7.26. The first-order chi connectivity index (χ1) is 12.5. The quantitative estimate of drug-likeness (QED) is 0.746. The highest BCUT2D eigenvalue weighted by Crippen LogP contribution is 2.30. The van der Waals surface area contributed by atoms with Gasteiger partial charge in [0, 0.05) is 0 Å². The van der Waals surface area contributed by atoms with Gasteiger partial charge in [-0.25, -0.2) is 0 Å². The van der Waals surface area contributed by atoms with Gasteiger partial charge >= 0.3 is 0 Å². The minimum atomic E-state index is -0.228. The topological polar surface area (TPSA) is 57.0 Å². The van der Waals surface area contributed by atoms with E-state index in [1.165, 1.54) is 4.90 Å². The number of carbonyl (C=O) groups excluding carboxylic acids is 1. The number of aromatic hydroxyl groups is 1. The average Bonchev–Trinajstić information content (AvgIpc) is 2.65. The van der Waals surface area contributed by atoms with E-state index < -0.39 is 0 Å². The van der Waals surface area contributed by atoms with Crippen LogP contribution in [-0.2, 0) is 4.79 Å². The average molecular weight is 395 g/mol. The van der Waals surface area contributed by atoms with Crippen LogP contribution in [0.25, 0.3) is 0 Å². The SMILES string of the molecule is C[C@@H](C(=O)Nc1c(Cl)cccc1Cl)[NH+]1CCN(c2ccccc2O)CC1. The summed E-state index contributed by atoms with van der Waals surface area (Å²) in [6.45, 7) is 5.07. The van der Waals surface area contributed by atoms with Gasteiger partial charge in [-0.05, 0) is 31.2 Å². The maximum Gasteiger partial charge on any atom is 0.282 e. The standard InChI is InChI=1S/C19H21Cl2N3O2/c1-13(19(26)22-18-14(20)5-4-6-15(18)21)23-9-11-24(12-10-23)16-7-2-3-8-17(16)25/h2-8,13,25H,9-12H2,1H3,(H,22,26)/p+1/t13-/m0/s1. The zero-order chi connectivity index (χ0) is 18.7. The lowest BCUT2D eigenvalue weighted by Crippen LogP contribution is -3.19. The van der Waals surface area contributed by atoms with Crippen LogP contribution in [0.3, 0.4) is 0 Å². The van der Waals surface area contributed by atoms with Crippen molar-refractivity contribution in [1.82, 2.24) is 0 Å². The van der Waals surface area contributed by atoms with Crippen LogP contribution >= 0.6 is 23.2 Å². The summed E-state index contributed by atoms with van der Waals surface area (Å²) < 4.78 is 0. The van der Waals surface area contributed by atoms with Gasteiger partial charge in [0.25, 0.3) is 5.91 Å². The Morgan fingerprint density at radius 3 is 2.35 bits per heavy atom. The highest BCUT2D eigenvalue weighted by molar-refractivity contribution is 6.39. The third-order valence-electron chi connectivity index (χ3n) is 4.84. The first kappa shape index (κ1) is 18.8. The summed E-state index contributed by atoms with van der Waals surface area (Å²) in [4.78, 5) is 16.0. The van der Waals surface area contributed by atoms with Crippen LogP contribution in [0.15, 0.2) is 42.5 Å². The Bertz CT molecular complexity index is 772. The number of benzene rings is 2. The molecule has 0 unspecified atom stereocenters. The van der Waals surface area contributed by atoms with Crippen molar-refractivity contribution < 1.29 is 14.8 Å². The molecule has 1 fully saturated rings. The van der Waals surface area contributed by atoms with Gasteiger partial charge < -0.3 is 20.2 Å². The fourth-order valence-corrected chi connectivity index (χ4v) is 3.73. The number of para-hydroxylation sites is 3. The number of nitrogens with zero attached hydrogens (tertiary/aromatic N) is 1. The highest BCUT2D eigenvalue weighted by Gasteiger charge is 2.30. The smallest absolute Gasteiger partial charge is 0.282 e. The molecule has 7 heteroatoms. The van der Waals surface area contributed by atoms with Gasteiger partial charge in [0.2, 0.25) is 0 Å². The first-order valence-electron chi connectivity index (χ1n) is 8.59. The number of hydrogen-bond donors (Lipinski definition) is 3. The second kappa shape index (κ2) is 8.16. The molecule has 0 bridgehead atoms. The van der Waals surface area contributed by atoms with Gasteiger partial charge in [0.05, 0.1) is 47.6 Å². The molecule has 0 aromatic heterocycles. The van der Waals surface area contributed by atoms with Crippen LogP contribution in [0.2, 0.25) is 10.0 Å². The van der Waals surface area contributed by atoms with E-state index >= 15 is 0 Å². The van der Waals surface area contributed by atoms with E-state index in [2.05, 4.69) is 10.2 Å². The van der Waals surface area contributed by atoms with Crippen LogP contribution in [0.4, 0.5) is 11.4 Å². The van der Waals surface area contributed by atoms with Crippen LogP contribution < -0.4 is 15.1 Å². The summed E-state index contributed by atoms with van der Waals surface area (Å²) in [5.74, 6) is 0.182. The molecular weight excluding hydrogens is 373 g/mol. The van der Waals surface area contributed by atoms with Gasteiger partial charge in [0.1, 0.15) is 5.75 Å². The second-order valence-electron chi connectivity index (χ2n) is 6.44. The van der Waals surface area contributed by atoms with Crippen molar-refractivity contribution in [2.24, 2.45) is 0 Å². The number of carbonyl (C=O) groups is 1. The largest absolute Gasteiger partial charge is 0.506 e. The summed E-state index contributed by atoms with van der Waals surface area (Å²) in [7, 11) is 0. The van der Waals surface area contributed by atoms with Crippen molar-refractivity contribution in [1.29, 1.82) is 0 Å². The van der Waals surface area contributed by atoms with Crippen molar-refractivity contribution in [2.75, 3.05) is 36.4 Å². The van der Waals surface area contributed by atoms with Crippen LogP contribution in [0.5, 0.6) is 5.75 Å². The molecule has 2 aromatic rings. The molecule has 26 heavy (non-hydrogen) atoms. The van der Waals surface area contributed by atoms with Gasteiger partial charge in [-0.2, -0.15) is 0 Å². The minimum Gasteiger partial charge on any atom is -0.506 e. The van der Waals surface area contributed by atoms with Crippen molar-refractivity contribution in [3.63, 3.8) is 0 Å². The molecule has 1 saturated heterocycles. The molecule has 5 nitrogen and oxygen atoms in total. The summed E-state index contributed by atoms with van der Waals surface area (Å²) in [6, 6.07) is 12.2. The third kappa shape index (κ3) is 4.06. The summed E-state index contributed by atoms with van der Waals surface area (Å²) in [6.07, 6.45) is 0. The molecule has 1 heterocycles. The molecule has 1 amide bonds. The highest BCUT2D eigenvalue weighted by atomic mass is 35.5. The fourth-order valence-electron chi connectivity index (χ4n) is 3.23. The van der Waals surface area contributed by atoms with Crippen molar-refractivity contribution in [2.45, 2.75) is 13.0 Å². The monoisotopic (exact) mass is 394 g/mol. The third-order valence-corrected chi connectivity index (χ3v) is 5.47. The van der Waals surface area contributed by atoms with E-state index in [0.717, 1.165) is 31.9 Å². The Kier molecular flexibility index (Phi) is 5.91. The summed E-state index contributed by atoms with van der Waals surface area (Å²) >= 11 is 12.3. The Hall–Kier alpha value is -1.95. The van der Waals surface area contributed by atoms with E-state index in [0.29, 0.717) is 15.7 Å². The van der Waals surface area contributed by atoms with Gasteiger partial charge in [-0.3, -0.25) is 4.79 Å². The van der Waals surface area contributed by atoms with Crippen LogP contribution in [-0.4, -0.2) is 43.2 Å². The molecule has 3 rings (SSSR count). The number of quaternary nitrogens is 1. The molecule has 1 aliphatic heterocycles. The Morgan fingerprint density at radius 1 is 1.12 bits per heavy atom. The van der Waals surface area contributed by atoms with Crippen molar-refractivity contribution >= 4 is 40.5 Å². The van der Waals surface area contributed by atoms with Crippen molar-refractivity contribution in [3.8, 4) is 5.75 Å². The number of phenols is 1. The van der Waals surface area contributed by atoms with E-state index in [4.69, 9.17) is 23.2 Å². The van der Waals surface area contributed by atoms with Gasteiger partial charge in [0.15, 0.2) is 6.04 Å². The lowest BCUT2D eigenvalue weighted by Gasteiger charge is -2.36. The number of halogens is 2. The van der Waals surface area contributed by atoms with E-state index in [-0.39, 0.29) is 17.7 Å². The maximum absolute atomic E-state index is 12.6. The lowest BCUT2D eigenvalue weighted by molar-refractivity contribution is -0.914.